The van der Waals surface area contributed by atoms with Gasteiger partial charge in [0.2, 0.25) is 0 Å². The van der Waals surface area contributed by atoms with Gasteiger partial charge in [-0.2, -0.15) is 0 Å². The van der Waals surface area contributed by atoms with E-state index in [2.05, 4.69) is 77.4 Å². The number of fused-ring (bicyclic) bond motifs is 4. The molecule has 0 radical (unpaired) electrons. The normalized spacial score (nSPS) is 26.0. The van der Waals surface area contributed by atoms with Gasteiger partial charge in [-0.3, -0.25) is 4.98 Å². The second-order valence-corrected chi connectivity index (χ2v) is 14.2. The Labute approximate surface area is 235 Å². The number of piperidine rings is 3. The number of aliphatic hydroxyl groups is 1. The van der Waals surface area contributed by atoms with Crippen LogP contribution in [0.1, 0.15) is 82.7 Å². The minimum atomic E-state index is -0.580. The molecule has 3 aliphatic heterocycles. The fourth-order valence-electron chi connectivity index (χ4n) is 7.13. The molecule has 3 saturated heterocycles. The van der Waals surface area contributed by atoms with Crippen molar-refractivity contribution in [3.05, 3.63) is 83.6 Å². The molecule has 3 aromatic rings. The summed E-state index contributed by atoms with van der Waals surface area (Å²) in [5, 5.41) is 13.2. The molecule has 3 aliphatic rings. The second-order valence-electron chi connectivity index (χ2n) is 14.2. The summed E-state index contributed by atoms with van der Waals surface area (Å²) in [6.45, 7) is 21.1. The molecule has 0 spiro atoms. The number of hydrogen-bond acceptors (Lipinski definition) is 3. The number of rotatable bonds is 6. The summed E-state index contributed by atoms with van der Waals surface area (Å²) in [6.07, 6.45) is 5.64. The summed E-state index contributed by atoms with van der Waals surface area (Å²) in [6, 6.07) is 15.3. The Balaban J connectivity index is 1.60. The zero-order chi connectivity index (χ0) is 28.2. The molecule has 2 bridgehead atoms. The minimum absolute atomic E-state index is 0.0719. The number of aromatic nitrogens is 1. The third-order valence-corrected chi connectivity index (χ3v) is 9.56. The lowest BCUT2D eigenvalue weighted by Gasteiger charge is -2.58. The minimum Gasteiger partial charge on any atom is -0.497 e. The summed E-state index contributed by atoms with van der Waals surface area (Å²) >= 11 is 0. The van der Waals surface area contributed by atoms with Crippen molar-refractivity contribution in [3.8, 4) is 5.75 Å². The summed E-state index contributed by atoms with van der Waals surface area (Å²) < 4.78 is 6.43. The fourth-order valence-corrected chi connectivity index (χ4v) is 7.13. The van der Waals surface area contributed by atoms with Crippen LogP contribution in [0.5, 0.6) is 5.75 Å². The third kappa shape index (κ3) is 5.26. The highest BCUT2D eigenvalue weighted by Crippen LogP contribution is 2.48. The van der Waals surface area contributed by atoms with E-state index in [-0.39, 0.29) is 16.9 Å². The van der Waals surface area contributed by atoms with E-state index in [9.17, 15) is 5.11 Å². The van der Waals surface area contributed by atoms with Crippen LogP contribution in [0.15, 0.2) is 61.3 Å². The van der Waals surface area contributed by atoms with E-state index in [4.69, 9.17) is 4.74 Å². The van der Waals surface area contributed by atoms with E-state index < -0.39 is 6.10 Å². The average molecular weight is 528 g/mol. The van der Waals surface area contributed by atoms with E-state index in [1.165, 1.54) is 23.1 Å². The number of benzene rings is 2. The highest BCUT2D eigenvalue weighted by atomic mass is 16.5. The number of hydrogen-bond donors (Lipinski definition) is 1. The summed E-state index contributed by atoms with van der Waals surface area (Å²) in [5.41, 5.74) is 6.16. The van der Waals surface area contributed by atoms with Gasteiger partial charge in [0.05, 0.1) is 25.7 Å². The Bertz CT molecular complexity index is 1330. The van der Waals surface area contributed by atoms with Crippen molar-refractivity contribution in [2.24, 2.45) is 11.8 Å². The smallest absolute Gasteiger partial charge is 0.131 e. The summed E-state index contributed by atoms with van der Waals surface area (Å²) in [4.78, 5) is 4.58. The molecule has 3 unspecified atom stereocenters. The predicted molar refractivity (Wildman–Crippen MR) is 161 cm³/mol. The van der Waals surface area contributed by atoms with Gasteiger partial charge in [-0.15, -0.1) is 6.58 Å². The zero-order valence-electron chi connectivity index (χ0n) is 25.0. The molecule has 39 heavy (non-hydrogen) atoms. The molecule has 0 amide bonds. The first kappa shape index (κ1) is 27.9. The molecule has 5 atom stereocenters. The van der Waals surface area contributed by atoms with E-state index in [0.29, 0.717) is 11.8 Å². The van der Waals surface area contributed by atoms with E-state index >= 15 is 0 Å². The van der Waals surface area contributed by atoms with Crippen molar-refractivity contribution in [1.29, 1.82) is 0 Å². The summed E-state index contributed by atoms with van der Waals surface area (Å²) in [7, 11) is 1.69. The standard InChI is InChI=1S/C35H47N2O2/c1-9-24-22-37(21-23-16-26(34(2,3)4)19-27(17-23)35(5,6)7)15-13-25(24)18-32(37)33(38)29-12-14-36-31-11-10-28(39-8)20-30(29)31/h9-12,14,16-17,19-20,24-25,32-33,38H,1,13,15,18,21-22H2,2-8H3/q+1/t24?,25?,32-,33+,37?/m0/s1. The van der Waals surface area contributed by atoms with Crippen LogP contribution in [0.4, 0.5) is 0 Å². The highest BCUT2D eigenvalue weighted by Gasteiger charge is 2.54. The van der Waals surface area contributed by atoms with Crippen LogP contribution in [-0.4, -0.2) is 40.8 Å². The van der Waals surface area contributed by atoms with Crippen LogP contribution >= 0.6 is 0 Å². The third-order valence-electron chi connectivity index (χ3n) is 9.56. The Kier molecular flexibility index (Phi) is 7.18. The van der Waals surface area contributed by atoms with Gasteiger partial charge < -0.3 is 14.3 Å². The van der Waals surface area contributed by atoms with Gasteiger partial charge in [0.25, 0.3) is 0 Å². The Morgan fingerprint density at radius 3 is 2.36 bits per heavy atom. The second kappa shape index (κ2) is 10.1. The number of ether oxygens (including phenoxy) is 1. The first-order valence-corrected chi connectivity index (χ1v) is 14.6. The van der Waals surface area contributed by atoms with Crippen LogP contribution in [0, 0.1) is 11.8 Å². The Morgan fingerprint density at radius 1 is 1.05 bits per heavy atom. The lowest BCUT2D eigenvalue weighted by atomic mass is 9.71. The van der Waals surface area contributed by atoms with Crippen molar-refractivity contribution < 1.29 is 14.3 Å². The number of quaternary nitrogens is 1. The Morgan fingerprint density at radius 2 is 1.74 bits per heavy atom. The van der Waals surface area contributed by atoms with Gasteiger partial charge in [-0.25, -0.2) is 0 Å². The van der Waals surface area contributed by atoms with Crippen molar-refractivity contribution in [2.45, 2.75) is 83.9 Å². The molecule has 0 saturated carbocycles. The lowest BCUT2D eigenvalue weighted by molar-refractivity contribution is -0.984. The van der Waals surface area contributed by atoms with Crippen LogP contribution in [0.2, 0.25) is 0 Å². The van der Waals surface area contributed by atoms with Gasteiger partial charge in [-0.05, 0) is 69.8 Å². The van der Waals surface area contributed by atoms with Crippen LogP contribution in [0.25, 0.3) is 10.9 Å². The maximum atomic E-state index is 12.2. The Hall–Kier alpha value is -2.69. The molecule has 2 aromatic carbocycles. The lowest BCUT2D eigenvalue weighted by Crippen LogP contribution is -2.67. The van der Waals surface area contributed by atoms with E-state index in [1.807, 2.05) is 30.5 Å². The van der Waals surface area contributed by atoms with E-state index in [0.717, 1.165) is 52.8 Å². The maximum Gasteiger partial charge on any atom is 0.131 e. The predicted octanol–water partition coefficient (Wildman–Crippen LogP) is 7.48. The number of aliphatic hydroxyl groups excluding tert-OH is 1. The first-order chi connectivity index (χ1) is 18.3. The van der Waals surface area contributed by atoms with Crippen molar-refractivity contribution in [2.75, 3.05) is 20.2 Å². The first-order valence-electron chi connectivity index (χ1n) is 14.6. The molecule has 0 aliphatic carbocycles. The quantitative estimate of drug-likeness (QED) is 0.267. The molecule has 4 nitrogen and oxygen atoms in total. The monoisotopic (exact) mass is 527 g/mol. The van der Waals surface area contributed by atoms with Crippen molar-refractivity contribution in [1.82, 2.24) is 4.98 Å². The van der Waals surface area contributed by atoms with Gasteiger partial charge in [0.15, 0.2) is 0 Å². The van der Waals surface area contributed by atoms with Crippen molar-refractivity contribution >= 4 is 10.9 Å². The highest BCUT2D eigenvalue weighted by molar-refractivity contribution is 5.83. The van der Waals surface area contributed by atoms with Crippen LogP contribution < -0.4 is 4.74 Å². The average Bonchev–Trinajstić information content (AvgIpc) is 2.90. The van der Waals surface area contributed by atoms with Gasteiger partial charge in [-0.1, -0.05) is 53.7 Å². The maximum absolute atomic E-state index is 12.2. The van der Waals surface area contributed by atoms with E-state index in [1.54, 1.807) is 7.11 Å². The number of pyridine rings is 1. The topological polar surface area (TPSA) is 42.4 Å². The molecule has 208 valence electrons. The summed E-state index contributed by atoms with van der Waals surface area (Å²) in [5.74, 6) is 1.86. The molecule has 1 aromatic heterocycles. The molecular weight excluding hydrogens is 480 g/mol. The van der Waals surface area contributed by atoms with Crippen LogP contribution in [-0.2, 0) is 17.4 Å². The largest absolute Gasteiger partial charge is 0.497 e. The van der Waals surface area contributed by atoms with Crippen molar-refractivity contribution in [3.63, 3.8) is 0 Å². The SMILES string of the molecule is C=CC1C[N+]2(Cc3cc(C(C)(C)C)cc(C(C)(C)C)c3)CCC1C[C@H]2[C@H](O)c1ccnc2ccc(OC)cc12. The fraction of sp³-hybridized carbons (Fsp3) is 0.514. The molecule has 3 fully saturated rings. The van der Waals surface area contributed by atoms with Gasteiger partial charge >= 0.3 is 0 Å². The van der Waals surface area contributed by atoms with Gasteiger partial charge in [0, 0.05) is 35.9 Å². The van der Waals surface area contributed by atoms with Gasteiger partial charge in [0.1, 0.15) is 24.4 Å². The number of nitrogens with zero attached hydrogens (tertiary/aromatic N) is 2. The van der Waals surface area contributed by atoms with Crippen LogP contribution in [0.3, 0.4) is 0 Å². The molecule has 4 heterocycles. The molecular formula is C35H47N2O2+. The molecule has 1 N–H and O–H groups in total. The molecule has 4 heteroatoms. The molecule has 6 rings (SSSR count). The number of methoxy groups -OCH3 is 1. The zero-order valence-corrected chi connectivity index (χ0v) is 25.0.